The number of benzene rings is 1. The Morgan fingerprint density at radius 2 is 2.00 bits per heavy atom. The Labute approximate surface area is 104 Å². The van der Waals surface area contributed by atoms with Gasteiger partial charge in [0.05, 0.1) is 0 Å². The first kappa shape index (κ1) is 12.1. The van der Waals surface area contributed by atoms with Crippen molar-refractivity contribution in [2.75, 3.05) is 5.84 Å². The van der Waals surface area contributed by atoms with E-state index in [0.717, 1.165) is 15.8 Å². The predicted octanol–water partition coefficient (Wildman–Crippen LogP) is 0.400. The Morgan fingerprint density at radius 3 is 2.61 bits per heavy atom. The molecule has 18 heavy (non-hydrogen) atoms. The Hall–Kier alpha value is -2.37. The number of aryl methyl sites for hydroxylation is 1. The van der Waals surface area contributed by atoms with Crippen LogP contribution in [0.3, 0.4) is 0 Å². The highest BCUT2D eigenvalue weighted by molar-refractivity contribution is 5.95. The summed E-state index contributed by atoms with van der Waals surface area (Å²) in [5.74, 6) is 5.51. The number of rotatable bonds is 3. The summed E-state index contributed by atoms with van der Waals surface area (Å²) >= 11 is 0. The van der Waals surface area contributed by atoms with Gasteiger partial charge in [-0.2, -0.15) is 4.68 Å². The standard InChI is InChI=1S/C12H14N4O2/c1-2-6-10-14-16(12(18)15(10)13)11(17)9-7-4-3-5-8-9/h3-5,7-8H,2,6,13H2,1H3. The number of carbonyl (C=O) groups excluding carboxylic acids is 1. The fourth-order valence-corrected chi connectivity index (χ4v) is 1.65. The number of carbonyl (C=O) groups is 1. The predicted molar refractivity (Wildman–Crippen MR) is 66.8 cm³/mol. The van der Waals surface area contributed by atoms with Crippen molar-refractivity contribution in [1.29, 1.82) is 0 Å². The fourth-order valence-electron chi connectivity index (χ4n) is 1.65. The number of aromatic nitrogens is 3. The minimum Gasteiger partial charge on any atom is -0.333 e. The zero-order chi connectivity index (χ0) is 13.1. The summed E-state index contributed by atoms with van der Waals surface area (Å²) < 4.78 is 1.73. The van der Waals surface area contributed by atoms with E-state index in [0.29, 0.717) is 17.8 Å². The van der Waals surface area contributed by atoms with Gasteiger partial charge >= 0.3 is 5.69 Å². The second-order valence-electron chi connectivity index (χ2n) is 3.90. The van der Waals surface area contributed by atoms with Crippen LogP contribution in [0.4, 0.5) is 0 Å². The van der Waals surface area contributed by atoms with Crippen molar-refractivity contribution in [2.45, 2.75) is 19.8 Å². The fraction of sp³-hybridized carbons (Fsp3) is 0.250. The third-order valence-corrected chi connectivity index (χ3v) is 2.57. The summed E-state index contributed by atoms with van der Waals surface area (Å²) in [6, 6.07) is 8.51. The van der Waals surface area contributed by atoms with E-state index < -0.39 is 11.6 Å². The molecular weight excluding hydrogens is 232 g/mol. The van der Waals surface area contributed by atoms with Gasteiger partial charge in [0.1, 0.15) is 0 Å². The third-order valence-electron chi connectivity index (χ3n) is 2.57. The molecule has 1 aromatic heterocycles. The van der Waals surface area contributed by atoms with E-state index in [1.807, 2.05) is 6.92 Å². The highest BCUT2D eigenvalue weighted by Gasteiger charge is 2.17. The lowest BCUT2D eigenvalue weighted by Crippen LogP contribution is -2.34. The maximum Gasteiger partial charge on any atom is 0.372 e. The summed E-state index contributed by atoms with van der Waals surface area (Å²) in [7, 11) is 0. The average Bonchev–Trinajstić information content (AvgIpc) is 2.68. The van der Waals surface area contributed by atoms with Crippen molar-refractivity contribution in [2.24, 2.45) is 0 Å². The van der Waals surface area contributed by atoms with Crippen molar-refractivity contribution in [3.63, 3.8) is 0 Å². The second kappa shape index (κ2) is 4.87. The maximum absolute atomic E-state index is 12.1. The Bertz CT molecular complexity index is 613. The van der Waals surface area contributed by atoms with E-state index in [1.165, 1.54) is 0 Å². The number of nitrogens with zero attached hydrogens (tertiary/aromatic N) is 3. The molecule has 0 aliphatic carbocycles. The van der Waals surface area contributed by atoms with Gasteiger partial charge in [-0.25, -0.2) is 4.79 Å². The number of hydrogen-bond acceptors (Lipinski definition) is 4. The zero-order valence-corrected chi connectivity index (χ0v) is 10.0. The average molecular weight is 246 g/mol. The Morgan fingerprint density at radius 1 is 1.33 bits per heavy atom. The lowest BCUT2D eigenvalue weighted by atomic mass is 10.2. The van der Waals surface area contributed by atoms with Crippen LogP contribution in [0.2, 0.25) is 0 Å². The van der Waals surface area contributed by atoms with Gasteiger partial charge in [0.2, 0.25) is 0 Å². The van der Waals surface area contributed by atoms with E-state index in [9.17, 15) is 9.59 Å². The van der Waals surface area contributed by atoms with Crippen LogP contribution in [0.25, 0.3) is 0 Å². The monoisotopic (exact) mass is 246 g/mol. The number of nitrogen functional groups attached to an aromatic ring is 1. The topological polar surface area (TPSA) is 82.9 Å². The van der Waals surface area contributed by atoms with Crippen LogP contribution < -0.4 is 11.5 Å². The quantitative estimate of drug-likeness (QED) is 0.794. The summed E-state index contributed by atoms with van der Waals surface area (Å²) in [4.78, 5) is 23.9. The maximum atomic E-state index is 12.1. The summed E-state index contributed by atoms with van der Waals surface area (Å²) in [5, 5.41) is 3.97. The normalized spacial score (nSPS) is 10.5. The van der Waals surface area contributed by atoms with Crippen LogP contribution in [-0.2, 0) is 6.42 Å². The van der Waals surface area contributed by atoms with Gasteiger partial charge in [0.25, 0.3) is 5.91 Å². The van der Waals surface area contributed by atoms with Gasteiger partial charge in [-0.3, -0.25) is 4.79 Å². The van der Waals surface area contributed by atoms with Crippen molar-refractivity contribution in [3.05, 3.63) is 52.2 Å². The summed E-state index contributed by atoms with van der Waals surface area (Å²) in [6.45, 7) is 1.95. The molecule has 2 aromatic rings. The molecule has 6 heteroatoms. The molecule has 0 aliphatic heterocycles. The van der Waals surface area contributed by atoms with Gasteiger partial charge in [0.15, 0.2) is 5.82 Å². The molecule has 0 saturated heterocycles. The first-order valence-corrected chi connectivity index (χ1v) is 5.71. The van der Waals surface area contributed by atoms with Gasteiger partial charge in [-0.15, -0.1) is 9.78 Å². The van der Waals surface area contributed by atoms with Crippen molar-refractivity contribution in [3.8, 4) is 0 Å². The van der Waals surface area contributed by atoms with Gasteiger partial charge in [-0.1, -0.05) is 25.1 Å². The van der Waals surface area contributed by atoms with E-state index >= 15 is 0 Å². The van der Waals surface area contributed by atoms with Gasteiger partial charge in [-0.05, 0) is 18.6 Å². The Balaban J connectivity index is 2.43. The molecule has 2 rings (SSSR count). The summed E-state index contributed by atoms with van der Waals surface area (Å²) in [5.41, 5.74) is -0.215. The minimum atomic E-state index is -0.618. The molecule has 0 fully saturated rings. The first-order valence-electron chi connectivity index (χ1n) is 5.71. The molecule has 0 unspecified atom stereocenters. The molecular formula is C12H14N4O2. The molecule has 0 amide bonds. The summed E-state index contributed by atoms with van der Waals surface area (Å²) in [6.07, 6.45) is 1.36. The largest absolute Gasteiger partial charge is 0.372 e. The molecule has 6 nitrogen and oxygen atoms in total. The zero-order valence-electron chi connectivity index (χ0n) is 10.0. The van der Waals surface area contributed by atoms with Crippen LogP contribution >= 0.6 is 0 Å². The number of hydrogen-bond donors (Lipinski definition) is 1. The Kier molecular flexibility index (Phi) is 3.27. The molecule has 94 valence electrons. The van der Waals surface area contributed by atoms with Crippen molar-refractivity contribution in [1.82, 2.24) is 14.5 Å². The van der Waals surface area contributed by atoms with Crippen LogP contribution in [0.1, 0.15) is 29.5 Å². The highest BCUT2D eigenvalue weighted by Crippen LogP contribution is 2.01. The lowest BCUT2D eigenvalue weighted by Gasteiger charge is -1.97. The SMILES string of the molecule is CCCc1nn(C(=O)c2ccccc2)c(=O)n1N. The molecule has 0 aliphatic rings. The van der Waals surface area contributed by atoms with E-state index in [1.54, 1.807) is 30.3 Å². The molecule has 0 saturated carbocycles. The lowest BCUT2D eigenvalue weighted by molar-refractivity contribution is 0.0940. The van der Waals surface area contributed by atoms with E-state index in [4.69, 9.17) is 5.84 Å². The van der Waals surface area contributed by atoms with Crippen molar-refractivity contribution < 1.29 is 4.79 Å². The highest BCUT2D eigenvalue weighted by atomic mass is 16.2. The van der Waals surface area contributed by atoms with Gasteiger partial charge < -0.3 is 5.84 Å². The first-order chi connectivity index (χ1) is 8.65. The van der Waals surface area contributed by atoms with Crippen LogP contribution in [0, 0.1) is 0 Å². The van der Waals surface area contributed by atoms with Crippen molar-refractivity contribution >= 4 is 5.91 Å². The molecule has 0 bridgehead atoms. The molecule has 1 aromatic carbocycles. The minimum absolute atomic E-state index is 0.403. The molecule has 2 N–H and O–H groups in total. The van der Waals surface area contributed by atoms with E-state index in [2.05, 4.69) is 5.10 Å². The van der Waals surface area contributed by atoms with Gasteiger partial charge in [0, 0.05) is 12.0 Å². The number of nitrogens with two attached hydrogens (primary N) is 1. The molecule has 0 atom stereocenters. The second-order valence-corrected chi connectivity index (χ2v) is 3.90. The van der Waals surface area contributed by atoms with Crippen LogP contribution in [0.5, 0.6) is 0 Å². The van der Waals surface area contributed by atoms with Crippen LogP contribution in [0.15, 0.2) is 35.1 Å². The third kappa shape index (κ3) is 2.04. The molecule has 1 heterocycles. The molecule has 0 spiro atoms. The van der Waals surface area contributed by atoms with Crippen LogP contribution in [-0.4, -0.2) is 20.4 Å². The van der Waals surface area contributed by atoms with E-state index in [-0.39, 0.29) is 0 Å². The smallest absolute Gasteiger partial charge is 0.333 e. The molecule has 0 radical (unpaired) electrons.